The summed E-state index contributed by atoms with van der Waals surface area (Å²) < 4.78 is 10.9. The molecule has 1 aliphatic heterocycles. The molecule has 2 N–H and O–H groups in total. The number of amides is 2. The Morgan fingerprint density at radius 2 is 1.59 bits per heavy atom. The third kappa shape index (κ3) is 7.11. The zero-order valence-electron chi connectivity index (χ0n) is 21.3. The van der Waals surface area contributed by atoms with Crippen LogP contribution in [0.3, 0.4) is 0 Å². The van der Waals surface area contributed by atoms with Gasteiger partial charge in [0.2, 0.25) is 0 Å². The molecular weight excluding hydrogens is 434 g/mol. The summed E-state index contributed by atoms with van der Waals surface area (Å²) in [6.45, 7) is 11.4. The van der Waals surface area contributed by atoms with Gasteiger partial charge in [0.15, 0.2) is 0 Å². The van der Waals surface area contributed by atoms with E-state index in [0.717, 1.165) is 48.8 Å². The Hall–Kier alpha value is -2.77. The van der Waals surface area contributed by atoms with E-state index in [1.54, 1.807) is 0 Å². The quantitative estimate of drug-likeness (QED) is 0.610. The minimum absolute atomic E-state index is 0.111. The maximum atomic E-state index is 12.7. The molecule has 2 amide bonds. The lowest BCUT2D eigenvalue weighted by molar-refractivity contribution is -0.113. The topological polar surface area (TPSA) is 97.0 Å². The van der Waals surface area contributed by atoms with Gasteiger partial charge in [-0.15, -0.1) is 0 Å². The predicted octanol–water partition coefficient (Wildman–Crippen LogP) is 4.80. The van der Waals surface area contributed by atoms with E-state index in [-0.39, 0.29) is 18.2 Å². The van der Waals surface area contributed by atoms with Crippen molar-refractivity contribution in [3.05, 3.63) is 29.3 Å². The summed E-state index contributed by atoms with van der Waals surface area (Å²) in [5, 5.41) is 6.63. The minimum atomic E-state index is -0.620. The fourth-order valence-electron chi connectivity index (χ4n) is 4.50. The van der Waals surface area contributed by atoms with Gasteiger partial charge in [0, 0.05) is 24.2 Å². The molecule has 8 nitrogen and oxygen atoms in total. The molecule has 1 saturated carbocycles. The molecule has 1 fully saturated rings. The monoisotopic (exact) mass is 473 g/mol. The molecule has 1 heterocycles. The maximum Gasteiger partial charge on any atom is 0.411 e. The zero-order chi connectivity index (χ0) is 25.1. The van der Waals surface area contributed by atoms with Crippen LogP contribution in [0.2, 0.25) is 0 Å². The van der Waals surface area contributed by atoms with E-state index in [1.807, 2.05) is 59.7 Å². The Bertz CT molecular complexity index is 895. The van der Waals surface area contributed by atoms with Crippen LogP contribution in [-0.4, -0.2) is 52.7 Å². The molecule has 0 unspecified atom stereocenters. The van der Waals surface area contributed by atoms with Crippen molar-refractivity contribution in [3.63, 3.8) is 0 Å². The lowest BCUT2D eigenvalue weighted by Crippen LogP contribution is -2.47. The highest BCUT2D eigenvalue weighted by molar-refractivity contribution is 5.76. The highest BCUT2D eigenvalue weighted by atomic mass is 16.6. The van der Waals surface area contributed by atoms with E-state index in [0.29, 0.717) is 13.0 Å². The first kappa shape index (κ1) is 25.8. The lowest BCUT2D eigenvalue weighted by atomic mass is 9.89. The van der Waals surface area contributed by atoms with Gasteiger partial charge >= 0.3 is 12.2 Å². The number of hydrogen-bond acceptors (Lipinski definition) is 6. The van der Waals surface area contributed by atoms with Crippen molar-refractivity contribution in [3.8, 4) is 0 Å². The number of alkyl carbamates (subject to hydrolysis) is 1. The fourth-order valence-corrected chi connectivity index (χ4v) is 4.50. The number of benzene rings is 1. The number of ether oxygens (including phenoxy) is 2. The van der Waals surface area contributed by atoms with E-state index in [4.69, 9.17) is 9.47 Å². The van der Waals surface area contributed by atoms with Gasteiger partial charge < -0.3 is 24.9 Å². The Labute approximate surface area is 202 Å². The zero-order valence-corrected chi connectivity index (χ0v) is 21.3. The van der Waals surface area contributed by atoms with Gasteiger partial charge in [-0.3, -0.25) is 4.90 Å². The van der Waals surface area contributed by atoms with Crippen LogP contribution in [0.25, 0.3) is 0 Å². The van der Waals surface area contributed by atoms with Gasteiger partial charge in [0.1, 0.15) is 17.5 Å². The van der Waals surface area contributed by atoms with Crippen molar-refractivity contribution < 1.29 is 23.9 Å². The fraction of sp³-hybridized carbons (Fsp3) is 0.654. The van der Waals surface area contributed by atoms with E-state index in [1.165, 1.54) is 4.90 Å². The molecule has 3 rings (SSSR count). The summed E-state index contributed by atoms with van der Waals surface area (Å²) in [6.07, 6.45) is 4.04. The molecule has 0 radical (unpaired) electrons. The number of carbonyl (C=O) groups is 3. The molecule has 0 spiro atoms. The average Bonchev–Trinajstić information content (AvgIpc) is 2.72. The highest BCUT2D eigenvalue weighted by Crippen LogP contribution is 2.32. The number of hydrogen-bond donors (Lipinski definition) is 2. The first-order valence-electron chi connectivity index (χ1n) is 12.2. The molecule has 34 heavy (non-hydrogen) atoms. The standard InChI is InChI=1S/C26H39N3O5/c1-25(2,3)33-23(31)28-19-12-10-18(11-13-19)27-22-9-7-8-17-15-29(20(16-30)14-21(17)22)24(32)34-26(4,5)6/h7-9,16,18-20,27H,10-15H2,1-6H3,(H,28,31)/t18-,19-,20-/m1/s1. The molecule has 1 aliphatic carbocycles. The van der Waals surface area contributed by atoms with Crippen molar-refractivity contribution >= 4 is 24.2 Å². The second-order valence-electron chi connectivity index (χ2n) is 11.3. The predicted molar refractivity (Wildman–Crippen MR) is 131 cm³/mol. The number of aldehydes is 1. The van der Waals surface area contributed by atoms with Gasteiger partial charge in [-0.2, -0.15) is 0 Å². The molecule has 0 bridgehead atoms. The molecule has 8 heteroatoms. The molecule has 2 aliphatic rings. The summed E-state index contributed by atoms with van der Waals surface area (Å²) >= 11 is 0. The van der Waals surface area contributed by atoms with Crippen LogP contribution in [0.1, 0.15) is 78.4 Å². The van der Waals surface area contributed by atoms with Gasteiger partial charge in [0.25, 0.3) is 0 Å². The largest absolute Gasteiger partial charge is 0.444 e. The minimum Gasteiger partial charge on any atom is -0.444 e. The Morgan fingerprint density at radius 1 is 0.971 bits per heavy atom. The molecule has 0 saturated heterocycles. The Morgan fingerprint density at radius 3 is 2.18 bits per heavy atom. The number of nitrogens with zero attached hydrogens (tertiary/aromatic N) is 1. The summed E-state index contributed by atoms with van der Waals surface area (Å²) in [4.78, 5) is 38.1. The first-order valence-corrected chi connectivity index (χ1v) is 12.2. The SMILES string of the molecule is CC(C)(C)OC(=O)N[C@H]1CC[C@H](Nc2cccc3c2C[C@H](C=O)N(C(=O)OC(C)(C)C)C3)CC1. The van der Waals surface area contributed by atoms with Crippen molar-refractivity contribution in [1.29, 1.82) is 0 Å². The van der Waals surface area contributed by atoms with Crippen molar-refractivity contribution in [2.24, 2.45) is 0 Å². The van der Waals surface area contributed by atoms with Crippen LogP contribution >= 0.6 is 0 Å². The molecule has 188 valence electrons. The normalized spacial score (nSPS) is 22.9. The van der Waals surface area contributed by atoms with Crippen LogP contribution in [0.15, 0.2) is 18.2 Å². The number of fused-ring (bicyclic) bond motifs is 1. The Balaban J connectivity index is 1.61. The number of anilines is 1. The lowest BCUT2D eigenvalue weighted by Gasteiger charge is -2.37. The molecule has 1 aromatic rings. The third-order valence-electron chi connectivity index (χ3n) is 6.02. The summed E-state index contributed by atoms with van der Waals surface area (Å²) in [7, 11) is 0. The van der Waals surface area contributed by atoms with Crippen LogP contribution in [0.5, 0.6) is 0 Å². The summed E-state index contributed by atoms with van der Waals surface area (Å²) in [5.41, 5.74) is 1.98. The van der Waals surface area contributed by atoms with E-state index in [2.05, 4.69) is 10.6 Å². The number of carbonyl (C=O) groups excluding carboxylic acids is 3. The Kier molecular flexibility index (Phi) is 7.78. The summed E-state index contributed by atoms with van der Waals surface area (Å²) in [5.74, 6) is 0. The van der Waals surface area contributed by atoms with Gasteiger partial charge in [-0.25, -0.2) is 9.59 Å². The molecule has 0 aromatic heterocycles. The van der Waals surface area contributed by atoms with E-state index >= 15 is 0 Å². The van der Waals surface area contributed by atoms with Crippen LogP contribution < -0.4 is 10.6 Å². The van der Waals surface area contributed by atoms with Crippen molar-refractivity contribution in [2.45, 2.75) is 110 Å². The van der Waals surface area contributed by atoms with Gasteiger partial charge in [0.05, 0.1) is 12.6 Å². The maximum absolute atomic E-state index is 12.7. The van der Waals surface area contributed by atoms with Gasteiger partial charge in [-0.1, -0.05) is 12.1 Å². The second-order valence-corrected chi connectivity index (χ2v) is 11.3. The van der Waals surface area contributed by atoms with E-state index < -0.39 is 23.3 Å². The van der Waals surface area contributed by atoms with Crippen LogP contribution in [0.4, 0.5) is 15.3 Å². The van der Waals surface area contributed by atoms with Crippen molar-refractivity contribution in [2.75, 3.05) is 5.32 Å². The first-order chi connectivity index (χ1) is 15.8. The average molecular weight is 474 g/mol. The summed E-state index contributed by atoms with van der Waals surface area (Å²) in [6, 6.07) is 5.85. The van der Waals surface area contributed by atoms with E-state index in [9.17, 15) is 14.4 Å². The van der Waals surface area contributed by atoms with Gasteiger partial charge in [-0.05, 0) is 84.4 Å². The number of rotatable bonds is 4. The second kappa shape index (κ2) is 10.2. The highest BCUT2D eigenvalue weighted by Gasteiger charge is 2.34. The molecular formula is C26H39N3O5. The molecule has 1 atom stereocenters. The van der Waals surface area contributed by atoms with Crippen molar-refractivity contribution in [1.82, 2.24) is 10.2 Å². The number of nitrogens with one attached hydrogen (secondary N) is 2. The van der Waals surface area contributed by atoms with Crippen LogP contribution in [0, 0.1) is 0 Å². The smallest absolute Gasteiger partial charge is 0.411 e. The van der Waals surface area contributed by atoms with Crippen LogP contribution in [-0.2, 0) is 27.2 Å². The third-order valence-corrected chi connectivity index (χ3v) is 6.02. The molecule has 1 aromatic carbocycles.